The minimum absolute atomic E-state index is 0.00817. The van der Waals surface area contributed by atoms with Crippen LogP contribution in [-0.4, -0.2) is 110 Å². The van der Waals surface area contributed by atoms with E-state index in [0.29, 0.717) is 30.6 Å². The van der Waals surface area contributed by atoms with E-state index in [1.165, 1.54) is 24.3 Å². The molecule has 310 valence electrons. The Morgan fingerprint density at radius 3 is 1.66 bits per heavy atom. The maximum atomic E-state index is 13.1. The Kier molecular flexibility index (Phi) is 16.5. The number of ether oxygens (including phenoxy) is 1. The number of nitrogens with one attached hydrogen (secondary N) is 1. The number of esters is 1. The number of likely N-dealkylation sites (tertiary alicyclic amines) is 1. The quantitative estimate of drug-likeness (QED) is 0.132. The highest BCUT2D eigenvalue weighted by Crippen LogP contribution is 2.40. The van der Waals surface area contributed by atoms with E-state index in [9.17, 15) is 56.1 Å². The van der Waals surface area contributed by atoms with Crippen molar-refractivity contribution in [1.82, 2.24) is 10.2 Å². The highest BCUT2D eigenvalue weighted by atomic mass is 32.2. The van der Waals surface area contributed by atoms with Gasteiger partial charge in [-0.3, -0.25) is 14.9 Å². The van der Waals surface area contributed by atoms with Crippen molar-refractivity contribution in [2.75, 3.05) is 6.61 Å². The maximum absolute atomic E-state index is 13.1. The van der Waals surface area contributed by atoms with E-state index in [-0.39, 0.29) is 23.8 Å². The minimum Gasteiger partial charge on any atom is -0.480 e. The van der Waals surface area contributed by atoms with Gasteiger partial charge in [0.15, 0.2) is 0 Å². The fourth-order valence-corrected chi connectivity index (χ4v) is 8.70. The summed E-state index contributed by atoms with van der Waals surface area (Å²) in [7, 11) is -9.49. The predicted octanol–water partition coefficient (Wildman–Crippen LogP) is 3.26. The summed E-state index contributed by atoms with van der Waals surface area (Å²) in [5, 5.41) is 31.3. The van der Waals surface area contributed by atoms with Crippen molar-refractivity contribution in [3.63, 3.8) is 0 Å². The first-order valence-electron chi connectivity index (χ1n) is 18.2. The topological polar surface area (TPSA) is 257 Å². The SMILES string of the molecule is CCC[C@H](N[C@@H](C)C(=O)N1[C@H](C(=O)O)C[C@@H]2CCCC[C@@H]21)C(=O)OCC.Cc1ccc(S(=O)(=O)O[C@@H](C(=O)O)[C@@H](OS(=O)(=O)c2ccc(C)cc2)C(=O)O)cc1. The van der Waals surface area contributed by atoms with E-state index in [4.69, 9.17) is 4.74 Å². The van der Waals surface area contributed by atoms with Crippen LogP contribution < -0.4 is 5.32 Å². The fraction of sp³-hybridized carbons (Fsp3) is 0.541. The minimum atomic E-state index is -4.74. The molecule has 4 N–H and O–H groups in total. The molecule has 7 atom stereocenters. The van der Waals surface area contributed by atoms with Crippen LogP contribution in [0, 0.1) is 19.8 Å². The van der Waals surface area contributed by atoms with Crippen molar-refractivity contribution in [2.24, 2.45) is 5.92 Å². The summed E-state index contributed by atoms with van der Waals surface area (Å²) < 4.78 is 63.7. The van der Waals surface area contributed by atoms with Gasteiger partial charge < -0.3 is 25.0 Å². The average Bonchev–Trinajstić information content (AvgIpc) is 3.53. The second kappa shape index (κ2) is 20.1. The molecular formula is C37H50N2O15S2. The summed E-state index contributed by atoms with van der Waals surface area (Å²) in [5.74, 6) is -5.33. The van der Waals surface area contributed by atoms with Gasteiger partial charge in [0.1, 0.15) is 12.1 Å². The fourth-order valence-electron chi connectivity index (χ4n) is 6.63. The summed E-state index contributed by atoms with van der Waals surface area (Å²) in [6.07, 6.45) is 0.529. The predicted molar refractivity (Wildman–Crippen MR) is 198 cm³/mol. The molecule has 0 bridgehead atoms. The molecule has 56 heavy (non-hydrogen) atoms. The number of carboxylic acids is 3. The van der Waals surface area contributed by atoms with Crippen LogP contribution in [0.4, 0.5) is 0 Å². The zero-order valence-electron chi connectivity index (χ0n) is 31.8. The number of rotatable bonds is 17. The second-order valence-corrected chi connectivity index (χ2v) is 16.8. The lowest BCUT2D eigenvalue weighted by molar-refractivity contribution is -0.161. The molecule has 1 saturated carbocycles. The standard InChI is InChI=1S/C19H32N2O5.C18H18O10S2/c1-4-8-14(19(25)26-5-2)20-12(3)17(22)21-15-10-7-6-9-13(15)11-16(21)18(23)24;1-11-3-7-13(8-4-11)29(23,24)27-15(17(19)20)16(18(21)22)28-30(25,26)14-9-5-12(2)6-10-14/h12-16,20H,4-11H2,1-3H3,(H,23,24);3-10,15-16H,1-2H3,(H,19,20)(H,21,22)/t12-,13-,14-,15-,16-;15-,16-/m01/s1. The Morgan fingerprint density at radius 2 is 1.25 bits per heavy atom. The van der Waals surface area contributed by atoms with Crippen LogP contribution >= 0.6 is 0 Å². The van der Waals surface area contributed by atoms with Crippen LogP contribution in [0.2, 0.25) is 0 Å². The number of carbonyl (C=O) groups is 5. The summed E-state index contributed by atoms with van der Waals surface area (Å²) in [4.78, 5) is 60.7. The second-order valence-electron chi connectivity index (χ2n) is 13.7. The van der Waals surface area contributed by atoms with Crippen molar-refractivity contribution in [2.45, 2.75) is 126 Å². The number of aryl methyl sites for hydroxylation is 2. The monoisotopic (exact) mass is 826 g/mol. The first-order chi connectivity index (χ1) is 26.2. The highest BCUT2D eigenvalue weighted by molar-refractivity contribution is 7.87. The van der Waals surface area contributed by atoms with Crippen LogP contribution in [-0.2, 0) is 57.3 Å². The van der Waals surface area contributed by atoms with Crippen molar-refractivity contribution in [3.8, 4) is 0 Å². The molecule has 2 aromatic rings. The average molecular weight is 827 g/mol. The summed E-state index contributed by atoms with van der Waals surface area (Å²) in [6.45, 7) is 9.08. The van der Waals surface area contributed by atoms with Crippen LogP contribution in [0.5, 0.6) is 0 Å². The number of aliphatic carboxylic acids is 3. The molecule has 1 amide bonds. The van der Waals surface area contributed by atoms with E-state index in [1.54, 1.807) is 32.6 Å². The van der Waals surface area contributed by atoms with Crippen LogP contribution in [0.1, 0.15) is 76.8 Å². The third kappa shape index (κ3) is 12.0. The summed E-state index contributed by atoms with van der Waals surface area (Å²) in [6, 6.07) is 8.25. The van der Waals surface area contributed by atoms with Crippen molar-refractivity contribution < 1.29 is 69.2 Å². The van der Waals surface area contributed by atoms with Gasteiger partial charge in [0.05, 0.1) is 22.4 Å². The van der Waals surface area contributed by atoms with Gasteiger partial charge in [0, 0.05) is 6.04 Å². The number of fused-ring (bicyclic) bond motifs is 1. The number of carbonyl (C=O) groups excluding carboxylic acids is 2. The molecule has 2 aromatic carbocycles. The molecule has 2 fully saturated rings. The number of hydrogen-bond donors (Lipinski definition) is 4. The molecule has 4 rings (SSSR count). The normalized spacial score (nSPS) is 20.3. The molecule has 2 aliphatic rings. The lowest BCUT2D eigenvalue weighted by Gasteiger charge is -2.35. The number of nitrogens with zero attached hydrogens (tertiary/aromatic N) is 1. The molecule has 0 radical (unpaired) electrons. The van der Waals surface area contributed by atoms with Gasteiger partial charge in [-0.05, 0) is 83.6 Å². The zero-order chi connectivity index (χ0) is 42.0. The maximum Gasteiger partial charge on any atom is 0.337 e. The van der Waals surface area contributed by atoms with Gasteiger partial charge in [-0.1, -0.05) is 61.6 Å². The van der Waals surface area contributed by atoms with Gasteiger partial charge in [-0.25, -0.2) is 22.7 Å². The number of carboxylic acid groups (broad SMARTS) is 3. The number of amides is 1. The van der Waals surface area contributed by atoms with Crippen LogP contribution in [0.25, 0.3) is 0 Å². The van der Waals surface area contributed by atoms with Crippen molar-refractivity contribution in [3.05, 3.63) is 59.7 Å². The Hall–Kier alpha value is -4.43. The van der Waals surface area contributed by atoms with Gasteiger partial charge in [-0.15, -0.1) is 0 Å². The molecule has 17 nitrogen and oxygen atoms in total. The first kappa shape index (κ1) is 46.0. The third-order valence-electron chi connectivity index (χ3n) is 9.44. The van der Waals surface area contributed by atoms with E-state index < -0.39 is 78.3 Å². The molecule has 1 aliphatic heterocycles. The molecule has 1 heterocycles. The van der Waals surface area contributed by atoms with Crippen LogP contribution in [0.15, 0.2) is 58.3 Å². The first-order valence-corrected chi connectivity index (χ1v) is 21.0. The van der Waals surface area contributed by atoms with Gasteiger partial charge >= 0.3 is 23.9 Å². The van der Waals surface area contributed by atoms with Crippen molar-refractivity contribution in [1.29, 1.82) is 0 Å². The third-order valence-corrected chi connectivity index (χ3v) is 12.1. The molecule has 1 aliphatic carbocycles. The van der Waals surface area contributed by atoms with Crippen LogP contribution in [0.3, 0.4) is 0 Å². The Labute approximate surface area is 326 Å². The van der Waals surface area contributed by atoms with E-state index in [0.717, 1.165) is 56.4 Å². The Balaban J connectivity index is 0.000000303. The molecule has 0 unspecified atom stereocenters. The largest absolute Gasteiger partial charge is 0.480 e. The van der Waals surface area contributed by atoms with E-state index in [2.05, 4.69) is 13.7 Å². The van der Waals surface area contributed by atoms with E-state index >= 15 is 0 Å². The highest BCUT2D eigenvalue weighted by Gasteiger charge is 2.48. The molecule has 0 spiro atoms. The number of hydrogen-bond acceptors (Lipinski definition) is 13. The molecular weight excluding hydrogens is 777 g/mol. The zero-order valence-corrected chi connectivity index (χ0v) is 33.5. The van der Waals surface area contributed by atoms with Crippen molar-refractivity contribution >= 4 is 50.0 Å². The lowest BCUT2D eigenvalue weighted by Crippen LogP contribution is -2.55. The van der Waals surface area contributed by atoms with E-state index in [1.807, 2.05) is 6.92 Å². The van der Waals surface area contributed by atoms with Gasteiger partial charge in [0.25, 0.3) is 20.2 Å². The molecule has 1 saturated heterocycles. The van der Waals surface area contributed by atoms with Gasteiger partial charge in [0.2, 0.25) is 18.1 Å². The molecule has 19 heteroatoms. The number of benzene rings is 2. The van der Waals surface area contributed by atoms with Gasteiger partial charge in [-0.2, -0.15) is 16.8 Å². The lowest BCUT2D eigenvalue weighted by atomic mass is 9.84. The molecule has 0 aromatic heterocycles. The smallest absolute Gasteiger partial charge is 0.337 e. The summed E-state index contributed by atoms with van der Waals surface area (Å²) >= 11 is 0. The Morgan fingerprint density at radius 1 is 0.786 bits per heavy atom. The summed E-state index contributed by atoms with van der Waals surface area (Å²) in [5.41, 5.74) is 1.42. The Bertz CT molecular complexity index is 1830.